The summed E-state index contributed by atoms with van der Waals surface area (Å²) in [5.41, 5.74) is 2.57. The van der Waals surface area contributed by atoms with Crippen molar-refractivity contribution in [2.75, 3.05) is 0 Å². The Balaban J connectivity index is 1.64. The van der Waals surface area contributed by atoms with E-state index >= 15 is 0 Å². The lowest BCUT2D eigenvalue weighted by Gasteiger charge is -2.13. The predicted molar refractivity (Wildman–Crippen MR) is 92.4 cm³/mol. The lowest BCUT2D eigenvalue weighted by molar-refractivity contribution is 0.0904. The van der Waals surface area contributed by atoms with Gasteiger partial charge in [-0.05, 0) is 38.7 Å². The molecule has 1 amide bonds. The summed E-state index contributed by atoms with van der Waals surface area (Å²) in [7, 11) is 0. The fraction of sp³-hybridized carbons (Fsp3) is 0.400. The highest BCUT2D eigenvalue weighted by Gasteiger charge is 2.29. The Morgan fingerprint density at radius 1 is 1.25 bits per heavy atom. The molecule has 1 aliphatic carbocycles. The molecule has 4 nitrogen and oxygen atoms in total. The van der Waals surface area contributed by atoms with Gasteiger partial charge in [-0.3, -0.25) is 9.59 Å². The van der Waals surface area contributed by atoms with Gasteiger partial charge in [-0.2, -0.15) is 0 Å². The Labute approximate surface area is 142 Å². The van der Waals surface area contributed by atoms with Gasteiger partial charge in [0.1, 0.15) is 5.76 Å². The van der Waals surface area contributed by atoms with E-state index in [0.717, 1.165) is 25.7 Å². The van der Waals surface area contributed by atoms with Crippen LogP contribution < -0.4 is 5.32 Å². The summed E-state index contributed by atoms with van der Waals surface area (Å²) in [6.45, 7) is 3.79. The SMILES string of the molecule is Cc1c(C(=O)NC(C)CCc2ccccc2)oc2c1C(=O)CCC2. The predicted octanol–water partition coefficient (Wildman–Crippen LogP) is 3.86. The lowest BCUT2D eigenvalue weighted by atomic mass is 9.94. The Bertz CT molecular complexity index is 746. The number of carbonyl (C=O) groups is 2. The number of amides is 1. The van der Waals surface area contributed by atoms with E-state index in [1.807, 2.05) is 25.1 Å². The highest BCUT2D eigenvalue weighted by atomic mass is 16.4. The van der Waals surface area contributed by atoms with Gasteiger partial charge < -0.3 is 9.73 Å². The first kappa shape index (κ1) is 16.5. The fourth-order valence-corrected chi connectivity index (χ4v) is 3.25. The summed E-state index contributed by atoms with van der Waals surface area (Å²) in [4.78, 5) is 24.5. The number of benzene rings is 1. The minimum atomic E-state index is -0.227. The number of carbonyl (C=O) groups excluding carboxylic acids is 2. The third-order valence-electron chi connectivity index (χ3n) is 4.60. The van der Waals surface area contributed by atoms with E-state index in [1.165, 1.54) is 5.56 Å². The van der Waals surface area contributed by atoms with Crippen LogP contribution in [0.2, 0.25) is 0 Å². The van der Waals surface area contributed by atoms with Crippen LogP contribution in [0.15, 0.2) is 34.7 Å². The number of ketones is 1. The van der Waals surface area contributed by atoms with Crippen molar-refractivity contribution in [2.45, 2.75) is 52.0 Å². The van der Waals surface area contributed by atoms with Gasteiger partial charge in [-0.25, -0.2) is 0 Å². The molecule has 2 aromatic rings. The van der Waals surface area contributed by atoms with E-state index < -0.39 is 0 Å². The van der Waals surface area contributed by atoms with Crippen LogP contribution in [0.5, 0.6) is 0 Å². The molecular formula is C20H23NO3. The van der Waals surface area contributed by atoms with Crippen molar-refractivity contribution in [1.82, 2.24) is 5.32 Å². The van der Waals surface area contributed by atoms with E-state index in [2.05, 4.69) is 17.4 Å². The van der Waals surface area contributed by atoms with Gasteiger partial charge in [-0.15, -0.1) is 0 Å². The molecule has 1 aromatic carbocycles. The molecule has 1 unspecified atom stereocenters. The summed E-state index contributed by atoms with van der Waals surface area (Å²) in [5, 5.41) is 2.99. The molecule has 126 valence electrons. The van der Waals surface area contributed by atoms with Gasteiger partial charge in [0.25, 0.3) is 5.91 Å². The van der Waals surface area contributed by atoms with Crippen molar-refractivity contribution in [3.05, 3.63) is 58.5 Å². The monoisotopic (exact) mass is 325 g/mol. The van der Waals surface area contributed by atoms with Crippen molar-refractivity contribution in [3.63, 3.8) is 0 Å². The van der Waals surface area contributed by atoms with Gasteiger partial charge in [0.15, 0.2) is 11.5 Å². The molecule has 0 aliphatic heterocycles. The fourth-order valence-electron chi connectivity index (χ4n) is 3.25. The van der Waals surface area contributed by atoms with Crippen LogP contribution >= 0.6 is 0 Å². The first-order chi connectivity index (χ1) is 11.6. The van der Waals surface area contributed by atoms with Crippen molar-refractivity contribution < 1.29 is 14.0 Å². The third-order valence-corrected chi connectivity index (χ3v) is 4.60. The number of rotatable bonds is 5. The largest absolute Gasteiger partial charge is 0.455 e. The van der Waals surface area contributed by atoms with Gasteiger partial charge >= 0.3 is 0 Å². The summed E-state index contributed by atoms with van der Waals surface area (Å²) in [6, 6.07) is 10.3. The number of Topliss-reactive ketones (excluding diaryl/α,β-unsaturated/α-hetero) is 1. The first-order valence-corrected chi connectivity index (χ1v) is 8.56. The molecule has 0 bridgehead atoms. The highest BCUT2D eigenvalue weighted by molar-refractivity contribution is 6.03. The van der Waals surface area contributed by atoms with E-state index in [9.17, 15) is 9.59 Å². The first-order valence-electron chi connectivity index (χ1n) is 8.56. The summed E-state index contributed by atoms with van der Waals surface area (Å²) in [6.07, 6.45) is 3.84. The van der Waals surface area contributed by atoms with Crippen LogP contribution in [0.3, 0.4) is 0 Å². The summed E-state index contributed by atoms with van der Waals surface area (Å²) < 4.78 is 5.70. The third kappa shape index (κ3) is 3.42. The number of furan rings is 1. The summed E-state index contributed by atoms with van der Waals surface area (Å²) in [5.74, 6) is 0.830. The molecule has 0 saturated carbocycles. The van der Waals surface area contributed by atoms with Crippen LogP contribution in [-0.4, -0.2) is 17.7 Å². The van der Waals surface area contributed by atoms with Crippen LogP contribution in [0.25, 0.3) is 0 Å². The number of aryl methyl sites for hydroxylation is 2. The maximum absolute atomic E-state index is 12.5. The molecule has 0 radical (unpaired) electrons. The molecule has 3 rings (SSSR count). The molecule has 1 aliphatic rings. The van der Waals surface area contributed by atoms with Crippen molar-refractivity contribution in [1.29, 1.82) is 0 Å². The molecule has 0 spiro atoms. The van der Waals surface area contributed by atoms with Crippen molar-refractivity contribution >= 4 is 11.7 Å². The zero-order valence-corrected chi connectivity index (χ0v) is 14.2. The molecule has 4 heteroatoms. The Hall–Kier alpha value is -2.36. The van der Waals surface area contributed by atoms with Crippen molar-refractivity contribution in [3.8, 4) is 0 Å². The smallest absolute Gasteiger partial charge is 0.287 e. The Kier molecular flexibility index (Phi) is 4.84. The van der Waals surface area contributed by atoms with Gasteiger partial charge in [-0.1, -0.05) is 30.3 Å². The molecule has 1 heterocycles. The van der Waals surface area contributed by atoms with E-state index in [1.54, 1.807) is 6.92 Å². The van der Waals surface area contributed by atoms with Crippen LogP contribution in [0, 0.1) is 6.92 Å². The standard InChI is InChI=1S/C20H23NO3/c1-13(11-12-15-7-4-3-5-8-15)21-20(23)19-14(2)18-16(22)9-6-10-17(18)24-19/h3-5,7-8,13H,6,9-12H2,1-2H3,(H,21,23). The van der Waals surface area contributed by atoms with Crippen LogP contribution in [0.1, 0.15) is 64.0 Å². The maximum atomic E-state index is 12.5. The van der Waals surface area contributed by atoms with Crippen LogP contribution in [0.4, 0.5) is 0 Å². The zero-order valence-electron chi connectivity index (χ0n) is 14.2. The average molecular weight is 325 g/mol. The van der Waals surface area contributed by atoms with Gasteiger partial charge in [0.05, 0.1) is 5.56 Å². The molecule has 1 N–H and O–H groups in total. The summed E-state index contributed by atoms with van der Waals surface area (Å²) >= 11 is 0. The van der Waals surface area contributed by atoms with Gasteiger partial charge in [0.2, 0.25) is 0 Å². The molecule has 1 atom stereocenters. The second-order valence-corrected chi connectivity index (χ2v) is 6.53. The topological polar surface area (TPSA) is 59.3 Å². The minimum Gasteiger partial charge on any atom is -0.455 e. The maximum Gasteiger partial charge on any atom is 0.287 e. The second kappa shape index (κ2) is 7.04. The molecular weight excluding hydrogens is 302 g/mol. The molecule has 0 fully saturated rings. The quantitative estimate of drug-likeness (QED) is 0.908. The number of hydrogen-bond acceptors (Lipinski definition) is 3. The van der Waals surface area contributed by atoms with E-state index in [-0.39, 0.29) is 17.7 Å². The lowest BCUT2D eigenvalue weighted by Crippen LogP contribution is -2.33. The minimum absolute atomic E-state index is 0.0370. The van der Waals surface area contributed by atoms with Gasteiger partial charge in [0, 0.05) is 24.4 Å². The molecule has 24 heavy (non-hydrogen) atoms. The molecule has 1 aromatic heterocycles. The van der Waals surface area contributed by atoms with E-state index in [0.29, 0.717) is 29.1 Å². The molecule has 0 saturated heterocycles. The Morgan fingerprint density at radius 3 is 2.71 bits per heavy atom. The number of nitrogens with one attached hydrogen (secondary N) is 1. The van der Waals surface area contributed by atoms with Crippen molar-refractivity contribution in [2.24, 2.45) is 0 Å². The van der Waals surface area contributed by atoms with E-state index in [4.69, 9.17) is 4.42 Å². The average Bonchev–Trinajstić information content (AvgIpc) is 2.92. The normalized spacial score (nSPS) is 15.0. The zero-order chi connectivity index (χ0) is 17.1. The number of fused-ring (bicyclic) bond motifs is 1. The van der Waals surface area contributed by atoms with Crippen LogP contribution in [-0.2, 0) is 12.8 Å². The second-order valence-electron chi connectivity index (χ2n) is 6.53. The highest BCUT2D eigenvalue weighted by Crippen LogP contribution is 2.29. The number of hydrogen-bond donors (Lipinski definition) is 1. The Morgan fingerprint density at radius 2 is 2.00 bits per heavy atom.